The zero-order valence-corrected chi connectivity index (χ0v) is 11.4. The summed E-state index contributed by atoms with van der Waals surface area (Å²) in [5.41, 5.74) is 0.148. The lowest BCUT2D eigenvalue weighted by Crippen LogP contribution is -2.12. The van der Waals surface area contributed by atoms with Crippen LogP contribution in [0.15, 0.2) is 49.2 Å². The van der Waals surface area contributed by atoms with Crippen molar-refractivity contribution in [3.05, 3.63) is 66.4 Å². The molecule has 0 aliphatic heterocycles. The molecule has 22 heavy (non-hydrogen) atoms. The van der Waals surface area contributed by atoms with E-state index in [0.717, 1.165) is 12.1 Å². The molecule has 0 amide bonds. The fourth-order valence-corrected chi connectivity index (χ4v) is 2.21. The summed E-state index contributed by atoms with van der Waals surface area (Å²) in [6.45, 7) is -0.0518. The number of hydrogen-bond acceptors (Lipinski definition) is 4. The van der Waals surface area contributed by atoms with E-state index >= 15 is 0 Å². The molecule has 0 bridgehead atoms. The Balaban J connectivity index is 1.90. The smallest absolute Gasteiger partial charge is 0.160 e. The summed E-state index contributed by atoms with van der Waals surface area (Å²) in [7, 11) is 0. The molecule has 0 spiro atoms. The van der Waals surface area contributed by atoms with Crippen LogP contribution >= 0.6 is 0 Å². The van der Waals surface area contributed by atoms with E-state index in [9.17, 15) is 13.9 Å². The Bertz CT molecular complexity index is 756. The highest BCUT2D eigenvalue weighted by Crippen LogP contribution is 2.24. The molecule has 5 nitrogen and oxygen atoms in total. The minimum absolute atomic E-state index is 0.0518. The average molecular weight is 302 g/mol. The van der Waals surface area contributed by atoms with Gasteiger partial charge in [-0.25, -0.2) is 18.7 Å². The highest BCUT2D eigenvalue weighted by Gasteiger charge is 2.19. The molecule has 3 aromatic rings. The first-order valence-corrected chi connectivity index (χ1v) is 6.56. The van der Waals surface area contributed by atoms with E-state index in [1.807, 2.05) is 0 Å². The van der Waals surface area contributed by atoms with E-state index in [0.29, 0.717) is 11.5 Å². The van der Waals surface area contributed by atoms with Crippen LogP contribution in [0.25, 0.3) is 11.5 Å². The predicted octanol–water partition coefficient (Wildman–Crippen LogP) is 2.35. The summed E-state index contributed by atoms with van der Waals surface area (Å²) >= 11 is 0. The second kappa shape index (κ2) is 5.98. The highest BCUT2D eigenvalue weighted by molar-refractivity contribution is 5.47. The van der Waals surface area contributed by atoms with Gasteiger partial charge in [0.05, 0.1) is 18.3 Å². The summed E-state index contributed by atoms with van der Waals surface area (Å²) in [6.07, 6.45) is 6.35. The maximum absolute atomic E-state index is 13.7. The van der Waals surface area contributed by atoms with Crippen molar-refractivity contribution in [1.29, 1.82) is 0 Å². The zero-order chi connectivity index (χ0) is 15.5. The summed E-state index contributed by atoms with van der Waals surface area (Å²) in [5, 5.41) is 10.2. The summed E-state index contributed by atoms with van der Waals surface area (Å²) in [6, 6.07) is 3.47. The SMILES string of the molecule is OC(Cn1ccnc1-c1cnccn1)c1c(F)cccc1F. The molecule has 0 saturated heterocycles. The van der Waals surface area contributed by atoms with Crippen molar-refractivity contribution in [2.24, 2.45) is 0 Å². The molecule has 2 heterocycles. The number of halogens is 2. The predicted molar refractivity (Wildman–Crippen MR) is 74.6 cm³/mol. The molecular weight excluding hydrogens is 290 g/mol. The number of aromatic nitrogens is 4. The van der Waals surface area contributed by atoms with Gasteiger partial charge >= 0.3 is 0 Å². The Labute approximate surface area is 124 Å². The third-order valence-electron chi connectivity index (χ3n) is 3.21. The largest absolute Gasteiger partial charge is 0.386 e. The van der Waals surface area contributed by atoms with Gasteiger partial charge in [0, 0.05) is 24.8 Å². The second-order valence-electron chi connectivity index (χ2n) is 4.64. The second-order valence-corrected chi connectivity index (χ2v) is 4.64. The molecule has 112 valence electrons. The van der Waals surface area contributed by atoms with Crippen LogP contribution in [0.3, 0.4) is 0 Å². The van der Waals surface area contributed by atoms with E-state index in [-0.39, 0.29) is 12.1 Å². The number of hydrogen-bond donors (Lipinski definition) is 1. The quantitative estimate of drug-likeness (QED) is 0.803. The van der Waals surface area contributed by atoms with Crippen LogP contribution in [0.2, 0.25) is 0 Å². The Morgan fingerprint density at radius 3 is 2.55 bits per heavy atom. The van der Waals surface area contributed by atoms with E-state index in [1.165, 1.54) is 30.9 Å². The molecule has 3 rings (SSSR count). The van der Waals surface area contributed by atoms with Crippen LogP contribution in [0.1, 0.15) is 11.7 Å². The van der Waals surface area contributed by atoms with Crippen molar-refractivity contribution in [2.75, 3.05) is 0 Å². The van der Waals surface area contributed by atoms with Crippen molar-refractivity contribution in [1.82, 2.24) is 19.5 Å². The van der Waals surface area contributed by atoms with Crippen molar-refractivity contribution in [2.45, 2.75) is 12.6 Å². The van der Waals surface area contributed by atoms with Gasteiger partial charge in [-0.3, -0.25) is 4.98 Å². The van der Waals surface area contributed by atoms with Crippen molar-refractivity contribution in [3.63, 3.8) is 0 Å². The molecule has 2 aromatic heterocycles. The average Bonchev–Trinajstić information content (AvgIpc) is 2.96. The first-order chi connectivity index (χ1) is 10.7. The van der Waals surface area contributed by atoms with Crippen LogP contribution in [-0.4, -0.2) is 24.6 Å². The van der Waals surface area contributed by atoms with Gasteiger partial charge in [0.2, 0.25) is 0 Å². The van der Waals surface area contributed by atoms with Gasteiger partial charge in [-0.15, -0.1) is 0 Å². The van der Waals surface area contributed by atoms with Crippen LogP contribution in [0.4, 0.5) is 8.78 Å². The molecule has 1 atom stereocenters. The van der Waals surface area contributed by atoms with E-state index in [1.54, 1.807) is 10.8 Å². The third-order valence-corrected chi connectivity index (χ3v) is 3.21. The van der Waals surface area contributed by atoms with E-state index < -0.39 is 17.7 Å². The molecule has 7 heteroatoms. The number of aliphatic hydroxyl groups is 1. The normalized spacial score (nSPS) is 12.3. The molecule has 0 aliphatic carbocycles. The van der Waals surface area contributed by atoms with Gasteiger partial charge in [0.1, 0.15) is 23.4 Å². The first-order valence-electron chi connectivity index (χ1n) is 6.56. The Morgan fingerprint density at radius 2 is 1.86 bits per heavy atom. The topological polar surface area (TPSA) is 63.8 Å². The van der Waals surface area contributed by atoms with Crippen LogP contribution in [0.5, 0.6) is 0 Å². The van der Waals surface area contributed by atoms with Gasteiger partial charge < -0.3 is 9.67 Å². The summed E-state index contributed by atoms with van der Waals surface area (Å²) in [5.74, 6) is -1.11. The van der Waals surface area contributed by atoms with Crippen molar-refractivity contribution in [3.8, 4) is 11.5 Å². The fourth-order valence-electron chi connectivity index (χ4n) is 2.21. The Morgan fingerprint density at radius 1 is 1.09 bits per heavy atom. The number of benzene rings is 1. The Hall–Kier alpha value is -2.67. The molecule has 0 aliphatic rings. The molecule has 0 radical (unpaired) electrons. The minimum Gasteiger partial charge on any atom is -0.386 e. The fraction of sp³-hybridized carbons (Fsp3) is 0.133. The van der Waals surface area contributed by atoms with Crippen molar-refractivity contribution >= 4 is 0 Å². The lowest BCUT2D eigenvalue weighted by Gasteiger charge is -2.15. The van der Waals surface area contributed by atoms with Crippen LogP contribution in [0, 0.1) is 11.6 Å². The number of aliphatic hydroxyl groups excluding tert-OH is 1. The first kappa shape index (κ1) is 14.3. The van der Waals surface area contributed by atoms with Gasteiger partial charge in [-0.05, 0) is 12.1 Å². The standard InChI is InChI=1S/C15H12F2N4O/c16-10-2-1-3-11(17)14(10)13(22)9-21-7-6-20-15(21)12-8-18-4-5-19-12/h1-8,13,22H,9H2. The minimum atomic E-state index is -1.34. The summed E-state index contributed by atoms with van der Waals surface area (Å²) < 4.78 is 29.0. The maximum atomic E-state index is 13.7. The Kier molecular flexibility index (Phi) is 3.88. The number of nitrogens with zero attached hydrogens (tertiary/aromatic N) is 4. The number of imidazole rings is 1. The molecule has 1 N–H and O–H groups in total. The lowest BCUT2D eigenvalue weighted by molar-refractivity contribution is 0.148. The summed E-state index contributed by atoms with van der Waals surface area (Å²) in [4.78, 5) is 12.2. The zero-order valence-electron chi connectivity index (χ0n) is 11.4. The van der Waals surface area contributed by atoms with Crippen molar-refractivity contribution < 1.29 is 13.9 Å². The van der Waals surface area contributed by atoms with E-state index in [4.69, 9.17) is 0 Å². The van der Waals surface area contributed by atoms with Gasteiger partial charge in [0.15, 0.2) is 5.82 Å². The highest BCUT2D eigenvalue weighted by atomic mass is 19.1. The molecule has 0 saturated carbocycles. The van der Waals surface area contributed by atoms with E-state index in [2.05, 4.69) is 15.0 Å². The van der Waals surface area contributed by atoms with Gasteiger partial charge in [-0.1, -0.05) is 6.07 Å². The number of rotatable bonds is 4. The maximum Gasteiger partial charge on any atom is 0.160 e. The third kappa shape index (κ3) is 2.71. The lowest BCUT2D eigenvalue weighted by atomic mass is 10.1. The molecular formula is C15H12F2N4O. The van der Waals surface area contributed by atoms with Gasteiger partial charge in [0.25, 0.3) is 0 Å². The van der Waals surface area contributed by atoms with Crippen LogP contribution < -0.4 is 0 Å². The van der Waals surface area contributed by atoms with Crippen LogP contribution in [-0.2, 0) is 6.54 Å². The molecule has 1 aromatic carbocycles. The monoisotopic (exact) mass is 302 g/mol. The molecule has 1 unspecified atom stereocenters. The molecule has 0 fully saturated rings. The van der Waals surface area contributed by atoms with Gasteiger partial charge in [-0.2, -0.15) is 0 Å².